The SMILES string of the molecule is CCCCCN1C(=O)/C(=C\c2c(C)c(C#N)c(=O)n(CCCC)c2N2CC(C)CC(C)C2)SC1=S. The van der Waals surface area contributed by atoms with Crippen molar-refractivity contribution in [1.82, 2.24) is 9.47 Å². The molecule has 1 amide bonds. The molecule has 0 radical (unpaired) electrons. The summed E-state index contributed by atoms with van der Waals surface area (Å²) in [4.78, 5) is 31.3. The van der Waals surface area contributed by atoms with Crippen molar-refractivity contribution in [3.8, 4) is 6.07 Å². The largest absolute Gasteiger partial charge is 0.357 e. The van der Waals surface area contributed by atoms with E-state index < -0.39 is 0 Å². The number of pyridine rings is 1. The van der Waals surface area contributed by atoms with Crippen molar-refractivity contribution in [2.24, 2.45) is 11.8 Å². The van der Waals surface area contributed by atoms with Crippen molar-refractivity contribution in [3.63, 3.8) is 0 Å². The molecule has 8 heteroatoms. The lowest BCUT2D eigenvalue weighted by atomic mass is 9.91. The fourth-order valence-corrected chi connectivity index (χ4v) is 6.48. The zero-order valence-corrected chi connectivity index (χ0v) is 23.4. The maximum Gasteiger partial charge on any atom is 0.270 e. The second-order valence-electron chi connectivity index (χ2n) is 10.1. The van der Waals surface area contributed by atoms with Gasteiger partial charge in [0.1, 0.15) is 21.8 Å². The second-order valence-corrected chi connectivity index (χ2v) is 11.7. The first-order valence-electron chi connectivity index (χ1n) is 12.9. The molecule has 0 saturated carbocycles. The molecule has 2 unspecified atom stereocenters. The zero-order valence-electron chi connectivity index (χ0n) is 21.7. The number of nitriles is 1. The van der Waals surface area contributed by atoms with E-state index in [1.807, 2.05) is 13.0 Å². The number of hydrogen-bond acceptors (Lipinski definition) is 6. The summed E-state index contributed by atoms with van der Waals surface area (Å²) in [5.41, 5.74) is 1.37. The van der Waals surface area contributed by atoms with Crippen molar-refractivity contribution in [3.05, 3.63) is 31.9 Å². The lowest BCUT2D eigenvalue weighted by Gasteiger charge is -2.39. The van der Waals surface area contributed by atoms with Gasteiger partial charge in [0.25, 0.3) is 11.5 Å². The van der Waals surface area contributed by atoms with E-state index in [-0.39, 0.29) is 17.0 Å². The first-order valence-corrected chi connectivity index (χ1v) is 14.1. The minimum atomic E-state index is -0.233. The summed E-state index contributed by atoms with van der Waals surface area (Å²) >= 11 is 6.87. The summed E-state index contributed by atoms with van der Waals surface area (Å²) in [6.45, 7) is 13.4. The third-order valence-corrected chi connectivity index (χ3v) is 8.26. The van der Waals surface area contributed by atoms with Gasteiger partial charge >= 0.3 is 0 Å². The van der Waals surface area contributed by atoms with Gasteiger partial charge in [0, 0.05) is 31.7 Å². The minimum absolute atomic E-state index is 0.0772. The summed E-state index contributed by atoms with van der Waals surface area (Å²) in [6, 6.07) is 2.15. The van der Waals surface area contributed by atoms with E-state index in [2.05, 4.69) is 38.7 Å². The van der Waals surface area contributed by atoms with Crippen LogP contribution >= 0.6 is 24.0 Å². The Morgan fingerprint density at radius 1 is 1.09 bits per heavy atom. The molecule has 1 aromatic heterocycles. The topological polar surface area (TPSA) is 69.3 Å². The van der Waals surface area contributed by atoms with Gasteiger partial charge in [0.15, 0.2) is 0 Å². The van der Waals surface area contributed by atoms with E-state index in [1.54, 1.807) is 9.47 Å². The Hall–Kier alpha value is -2.11. The Labute approximate surface area is 219 Å². The average molecular weight is 515 g/mol. The van der Waals surface area contributed by atoms with Crippen molar-refractivity contribution in [2.75, 3.05) is 24.5 Å². The highest BCUT2D eigenvalue weighted by molar-refractivity contribution is 8.26. The predicted molar refractivity (Wildman–Crippen MR) is 150 cm³/mol. The lowest BCUT2D eigenvalue weighted by molar-refractivity contribution is -0.122. The molecule has 0 aromatic carbocycles. The number of unbranched alkanes of at least 4 members (excludes halogenated alkanes) is 3. The summed E-state index contributed by atoms with van der Waals surface area (Å²) in [5, 5.41) is 9.88. The van der Waals surface area contributed by atoms with Crippen LogP contribution in [-0.4, -0.2) is 39.3 Å². The van der Waals surface area contributed by atoms with Gasteiger partial charge in [-0.25, -0.2) is 0 Å². The van der Waals surface area contributed by atoms with Crippen LogP contribution in [0.25, 0.3) is 6.08 Å². The Morgan fingerprint density at radius 3 is 2.34 bits per heavy atom. The molecule has 0 spiro atoms. The van der Waals surface area contributed by atoms with Gasteiger partial charge in [-0.05, 0) is 49.7 Å². The van der Waals surface area contributed by atoms with Crippen LogP contribution in [0.4, 0.5) is 5.82 Å². The first kappa shape index (κ1) is 27.5. The number of thiocarbonyl (C=S) groups is 1. The molecule has 0 bridgehead atoms. The fourth-order valence-electron chi connectivity index (χ4n) is 5.19. The van der Waals surface area contributed by atoms with Gasteiger partial charge in [-0.3, -0.25) is 19.1 Å². The van der Waals surface area contributed by atoms with Gasteiger partial charge in [-0.1, -0.05) is 70.9 Å². The molecule has 0 aliphatic carbocycles. The maximum absolute atomic E-state index is 13.4. The third kappa shape index (κ3) is 6.00. The molecular formula is C27H38N4O2S2. The number of thioether (sulfide) groups is 1. The van der Waals surface area contributed by atoms with Crippen molar-refractivity contribution in [1.29, 1.82) is 5.26 Å². The van der Waals surface area contributed by atoms with Crippen LogP contribution in [0.3, 0.4) is 0 Å². The molecule has 2 saturated heterocycles. The highest BCUT2D eigenvalue weighted by Gasteiger charge is 2.33. The molecule has 3 heterocycles. The number of amides is 1. The van der Waals surface area contributed by atoms with E-state index in [1.165, 1.54) is 11.8 Å². The maximum atomic E-state index is 13.4. The number of anilines is 1. The lowest BCUT2D eigenvalue weighted by Crippen LogP contribution is -2.43. The zero-order chi connectivity index (χ0) is 25.7. The van der Waals surface area contributed by atoms with Crippen LogP contribution < -0.4 is 10.5 Å². The van der Waals surface area contributed by atoms with E-state index >= 15 is 0 Å². The molecule has 2 atom stereocenters. The quantitative estimate of drug-likeness (QED) is 0.239. The van der Waals surface area contributed by atoms with Gasteiger partial charge in [0.2, 0.25) is 0 Å². The van der Waals surface area contributed by atoms with Crippen molar-refractivity contribution < 1.29 is 4.79 Å². The van der Waals surface area contributed by atoms with E-state index in [4.69, 9.17) is 12.2 Å². The van der Waals surface area contributed by atoms with Gasteiger partial charge in [-0.15, -0.1) is 0 Å². The standard InChI is InChI=1S/C27H38N4O2S2/c1-6-8-10-12-31-26(33)23(35-27(31)34)14-21-20(5)22(15-28)25(32)30(11-9-7-2)24(21)29-16-18(3)13-19(4)17-29/h14,18-19H,6-13,16-17H2,1-5H3/b23-14+. The molecule has 2 aliphatic heterocycles. The molecule has 2 fully saturated rings. The Bertz CT molecular complexity index is 1090. The number of piperidine rings is 1. The fraction of sp³-hybridized carbons (Fsp3) is 0.630. The predicted octanol–water partition coefficient (Wildman–Crippen LogP) is 5.70. The van der Waals surface area contributed by atoms with Gasteiger partial charge in [0.05, 0.1) is 4.91 Å². The molecule has 3 rings (SSSR count). The van der Waals surface area contributed by atoms with Crippen LogP contribution in [0.2, 0.25) is 0 Å². The summed E-state index contributed by atoms with van der Waals surface area (Å²) in [6.07, 6.45) is 7.88. The molecule has 2 aliphatic rings. The van der Waals surface area contributed by atoms with E-state index in [9.17, 15) is 14.9 Å². The van der Waals surface area contributed by atoms with Crippen molar-refractivity contribution in [2.45, 2.75) is 79.7 Å². The molecule has 1 aromatic rings. The van der Waals surface area contributed by atoms with E-state index in [0.29, 0.717) is 39.7 Å². The number of aromatic nitrogens is 1. The highest BCUT2D eigenvalue weighted by atomic mass is 32.2. The van der Waals surface area contributed by atoms with Crippen LogP contribution in [0.15, 0.2) is 9.70 Å². The van der Waals surface area contributed by atoms with Crippen LogP contribution in [0.1, 0.15) is 82.9 Å². The van der Waals surface area contributed by atoms with Crippen LogP contribution in [0, 0.1) is 30.1 Å². The Morgan fingerprint density at radius 2 is 1.74 bits per heavy atom. The normalized spacial score (nSPS) is 21.8. The summed E-state index contributed by atoms with van der Waals surface area (Å²) < 4.78 is 2.37. The molecule has 6 nitrogen and oxygen atoms in total. The van der Waals surface area contributed by atoms with Gasteiger partial charge < -0.3 is 4.90 Å². The minimum Gasteiger partial charge on any atom is -0.357 e. The molecule has 35 heavy (non-hydrogen) atoms. The number of hydrogen-bond donors (Lipinski definition) is 0. The smallest absolute Gasteiger partial charge is 0.270 e. The average Bonchev–Trinajstić information content (AvgIpc) is 3.07. The number of carbonyl (C=O) groups excluding carboxylic acids is 1. The number of rotatable bonds is 9. The third-order valence-electron chi connectivity index (χ3n) is 6.88. The number of nitrogens with zero attached hydrogens (tertiary/aromatic N) is 4. The first-order chi connectivity index (χ1) is 16.7. The monoisotopic (exact) mass is 514 g/mol. The van der Waals surface area contributed by atoms with Crippen LogP contribution in [-0.2, 0) is 11.3 Å². The van der Waals surface area contributed by atoms with Crippen LogP contribution in [0.5, 0.6) is 0 Å². The number of carbonyl (C=O) groups is 1. The Balaban J connectivity index is 2.17. The summed E-state index contributed by atoms with van der Waals surface area (Å²) in [5.74, 6) is 1.75. The second kappa shape index (κ2) is 12.2. The highest BCUT2D eigenvalue weighted by Crippen LogP contribution is 2.37. The van der Waals surface area contributed by atoms with E-state index in [0.717, 1.165) is 63.0 Å². The van der Waals surface area contributed by atoms with Crippen molar-refractivity contribution >= 4 is 46.1 Å². The molecular weight excluding hydrogens is 476 g/mol. The Kier molecular flexibility index (Phi) is 9.60. The van der Waals surface area contributed by atoms with Gasteiger partial charge in [-0.2, -0.15) is 5.26 Å². The molecule has 190 valence electrons. The molecule has 0 N–H and O–H groups in total. The summed E-state index contributed by atoms with van der Waals surface area (Å²) in [7, 11) is 0.